The van der Waals surface area contributed by atoms with Gasteiger partial charge in [-0.2, -0.15) is 5.10 Å². The van der Waals surface area contributed by atoms with E-state index >= 15 is 0 Å². The highest BCUT2D eigenvalue weighted by Gasteiger charge is 2.37. The maximum Gasteiger partial charge on any atom is 0.354 e. The summed E-state index contributed by atoms with van der Waals surface area (Å²) in [6, 6.07) is 2.61. The van der Waals surface area contributed by atoms with E-state index in [1.165, 1.54) is 12.1 Å². The number of aliphatic carboxylic acids is 1. The number of anilines is 1. The number of benzene rings is 1. The number of ether oxygens (including phenoxy) is 1. The van der Waals surface area contributed by atoms with Gasteiger partial charge in [0, 0.05) is 12.5 Å². The van der Waals surface area contributed by atoms with Crippen molar-refractivity contribution in [1.82, 2.24) is 0 Å². The molecule has 0 unspecified atom stereocenters. The second-order valence-electron chi connectivity index (χ2n) is 4.56. The standard InChI is InChI=1S/C13H12ClN3O6/c1-2-23-13(20)9-6-11(12(18)19)16(15-9)7-3-4-8(14)10(5-7)17(21)22/h3-5,11H,2,6H2,1H3,(H,18,19)/t11-/m0/s1. The summed E-state index contributed by atoms with van der Waals surface area (Å²) in [5, 5.41) is 25.1. The van der Waals surface area contributed by atoms with Gasteiger partial charge in [-0.1, -0.05) is 11.6 Å². The van der Waals surface area contributed by atoms with Gasteiger partial charge in [-0.25, -0.2) is 9.59 Å². The molecule has 1 aromatic carbocycles. The minimum Gasteiger partial charge on any atom is -0.480 e. The van der Waals surface area contributed by atoms with E-state index in [1.807, 2.05) is 0 Å². The van der Waals surface area contributed by atoms with Crippen molar-refractivity contribution in [3.8, 4) is 0 Å². The van der Waals surface area contributed by atoms with E-state index in [9.17, 15) is 24.8 Å². The molecule has 2 rings (SSSR count). The van der Waals surface area contributed by atoms with Crippen LogP contribution >= 0.6 is 11.6 Å². The number of hydrogen-bond acceptors (Lipinski definition) is 7. The third kappa shape index (κ3) is 3.39. The van der Waals surface area contributed by atoms with Crippen LogP contribution in [0.1, 0.15) is 13.3 Å². The van der Waals surface area contributed by atoms with Crippen LogP contribution in [0.2, 0.25) is 5.02 Å². The average molecular weight is 342 g/mol. The highest BCUT2D eigenvalue weighted by atomic mass is 35.5. The molecule has 1 aromatic rings. The summed E-state index contributed by atoms with van der Waals surface area (Å²) >= 11 is 5.73. The summed E-state index contributed by atoms with van der Waals surface area (Å²) in [5.74, 6) is -1.93. The number of hydrogen-bond donors (Lipinski definition) is 1. The van der Waals surface area contributed by atoms with E-state index in [0.717, 1.165) is 11.1 Å². The van der Waals surface area contributed by atoms with E-state index in [-0.39, 0.29) is 35.1 Å². The van der Waals surface area contributed by atoms with Crippen molar-refractivity contribution in [1.29, 1.82) is 0 Å². The van der Waals surface area contributed by atoms with Crippen molar-refractivity contribution in [2.45, 2.75) is 19.4 Å². The van der Waals surface area contributed by atoms with E-state index in [2.05, 4.69) is 5.10 Å². The first kappa shape index (κ1) is 16.7. The molecule has 1 heterocycles. The first-order valence-corrected chi connectivity index (χ1v) is 6.93. The topological polar surface area (TPSA) is 122 Å². The van der Waals surface area contributed by atoms with E-state index in [4.69, 9.17) is 16.3 Å². The zero-order valence-corrected chi connectivity index (χ0v) is 12.7. The predicted molar refractivity (Wildman–Crippen MR) is 80.7 cm³/mol. The van der Waals surface area contributed by atoms with E-state index in [1.54, 1.807) is 6.92 Å². The van der Waals surface area contributed by atoms with Crippen LogP contribution in [-0.4, -0.2) is 40.3 Å². The number of carboxylic acid groups (broad SMARTS) is 1. The minimum absolute atomic E-state index is 0.0585. The predicted octanol–water partition coefficient (Wildman–Crippen LogP) is 1.83. The fraction of sp³-hybridized carbons (Fsp3) is 0.308. The molecular formula is C13H12ClN3O6. The molecule has 122 valence electrons. The van der Waals surface area contributed by atoms with Gasteiger partial charge >= 0.3 is 11.9 Å². The van der Waals surface area contributed by atoms with Gasteiger partial charge in [-0.3, -0.25) is 15.1 Å². The first-order chi connectivity index (χ1) is 10.8. The normalized spacial score (nSPS) is 16.9. The number of nitrogens with zero attached hydrogens (tertiary/aromatic N) is 3. The Morgan fingerprint density at radius 2 is 2.26 bits per heavy atom. The van der Waals surface area contributed by atoms with Gasteiger partial charge in [-0.05, 0) is 19.1 Å². The molecular weight excluding hydrogens is 330 g/mol. The quantitative estimate of drug-likeness (QED) is 0.492. The number of rotatable bonds is 5. The molecule has 0 saturated carbocycles. The fourth-order valence-corrected chi connectivity index (χ4v) is 2.25. The molecule has 0 fully saturated rings. The maximum absolute atomic E-state index is 11.7. The summed E-state index contributed by atoms with van der Waals surface area (Å²) in [5.41, 5.74) is -0.294. The zero-order valence-electron chi connectivity index (χ0n) is 11.9. The minimum atomic E-state index is -1.22. The number of carbonyl (C=O) groups excluding carboxylic acids is 1. The van der Waals surface area contributed by atoms with Crippen LogP contribution in [0.5, 0.6) is 0 Å². The van der Waals surface area contributed by atoms with Gasteiger partial charge in [0.25, 0.3) is 5.69 Å². The van der Waals surface area contributed by atoms with Crippen molar-refractivity contribution in [3.63, 3.8) is 0 Å². The molecule has 0 amide bonds. The van der Waals surface area contributed by atoms with Crippen molar-refractivity contribution in [3.05, 3.63) is 33.3 Å². The number of esters is 1. The number of carboxylic acids is 1. The summed E-state index contributed by atoms with van der Waals surface area (Å²) in [4.78, 5) is 33.3. The highest BCUT2D eigenvalue weighted by Crippen LogP contribution is 2.32. The number of nitro benzene ring substituents is 1. The average Bonchev–Trinajstić information content (AvgIpc) is 2.93. The van der Waals surface area contributed by atoms with Gasteiger partial charge in [0.2, 0.25) is 0 Å². The summed E-state index contributed by atoms with van der Waals surface area (Å²) in [6.07, 6.45) is -0.162. The number of halogens is 1. The molecule has 0 spiro atoms. The number of carbonyl (C=O) groups is 2. The van der Waals surface area contributed by atoms with Crippen LogP contribution in [0.15, 0.2) is 23.3 Å². The van der Waals surface area contributed by atoms with Crippen LogP contribution in [-0.2, 0) is 14.3 Å². The Morgan fingerprint density at radius 1 is 1.57 bits per heavy atom. The van der Waals surface area contributed by atoms with Crippen molar-refractivity contribution >= 4 is 40.6 Å². The third-order valence-corrected chi connectivity index (χ3v) is 3.42. The molecule has 1 aliphatic rings. The van der Waals surface area contributed by atoms with Gasteiger partial charge in [0.1, 0.15) is 10.7 Å². The Labute approximate surface area is 135 Å². The number of nitro groups is 1. The Morgan fingerprint density at radius 3 is 2.83 bits per heavy atom. The van der Waals surface area contributed by atoms with Crippen LogP contribution < -0.4 is 5.01 Å². The lowest BCUT2D eigenvalue weighted by atomic mass is 10.1. The van der Waals surface area contributed by atoms with Crippen LogP contribution in [0.25, 0.3) is 0 Å². The summed E-state index contributed by atoms with van der Waals surface area (Å²) in [7, 11) is 0. The van der Waals surface area contributed by atoms with Crippen LogP contribution in [0, 0.1) is 10.1 Å². The maximum atomic E-state index is 11.7. The Hall–Kier alpha value is -2.68. The molecule has 0 saturated heterocycles. The second-order valence-corrected chi connectivity index (χ2v) is 4.97. The molecule has 0 bridgehead atoms. The van der Waals surface area contributed by atoms with Gasteiger partial charge in [0.05, 0.1) is 17.2 Å². The molecule has 0 aromatic heterocycles. The molecule has 0 radical (unpaired) electrons. The van der Waals surface area contributed by atoms with Crippen molar-refractivity contribution < 1.29 is 24.4 Å². The molecule has 23 heavy (non-hydrogen) atoms. The lowest BCUT2D eigenvalue weighted by Gasteiger charge is -2.19. The SMILES string of the molecule is CCOC(=O)C1=NN(c2ccc(Cl)c([N+](=O)[O-])c2)[C@H](C(=O)O)C1. The molecule has 1 N–H and O–H groups in total. The Kier molecular flexibility index (Phi) is 4.80. The lowest BCUT2D eigenvalue weighted by Crippen LogP contribution is -2.34. The third-order valence-electron chi connectivity index (χ3n) is 3.10. The van der Waals surface area contributed by atoms with Crippen molar-refractivity contribution in [2.75, 3.05) is 11.6 Å². The van der Waals surface area contributed by atoms with Gasteiger partial charge in [-0.15, -0.1) is 0 Å². The highest BCUT2D eigenvalue weighted by molar-refractivity contribution is 6.38. The van der Waals surface area contributed by atoms with Gasteiger partial charge < -0.3 is 9.84 Å². The largest absolute Gasteiger partial charge is 0.480 e. The molecule has 0 aliphatic carbocycles. The van der Waals surface area contributed by atoms with E-state index < -0.39 is 22.9 Å². The second kappa shape index (κ2) is 6.61. The van der Waals surface area contributed by atoms with Gasteiger partial charge in [0.15, 0.2) is 6.04 Å². The van der Waals surface area contributed by atoms with Crippen LogP contribution in [0.4, 0.5) is 11.4 Å². The fourth-order valence-electron chi connectivity index (χ4n) is 2.06. The summed E-state index contributed by atoms with van der Waals surface area (Å²) < 4.78 is 4.80. The molecule has 1 atom stereocenters. The monoisotopic (exact) mass is 341 g/mol. The Balaban J connectivity index is 2.41. The zero-order chi connectivity index (χ0) is 17.1. The molecule has 9 nitrogen and oxygen atoms in total. The summed E-state index contributed by atoms with van der Waals surface area (Å²) in [6.45, 7) is 1.74. The van der Waals surface area contributed by atoms with Crippen LogP contribution in [0.3, 0.4) is 0 Å². The lowest BCUT2D eigenvalue weighted by molar-refractivity contribution is -0.384. The van der Waals surface area contributed by atoms with E-state index in [0.29, 0.717) is 0 Å². The molecule has 10 heteroatoms. The van der Waals surface area contributed by atoms with Crippen molar-refractivity contribution in [2.24, 2.45) is 5.10 Å². The Bertz CT molecular complexity index is 705. The first-order valence-electron chi connectivity index (χ1n) is 6.55. The molecule has 1 aliphatic heterocycles. The smallest absolute Gasteiger partial charge is 0.354 e. The number of hydrazone groups is 1.